The largest absolute Gasteiger partial charge is 0.505 e. The fourth-order valence-electron chi connectivity index (χ4n) is 4.16. The van der Waals surface area contributed by atoms with Crippen LogP contribution in [0.4, 0.5) is 0 Å². The highest BCUT2D eigenvalue weighted by atomic mass is 35.5. The van der Waals surface area contributed by atoms with Gasteiger partial charge in [-0.25, -0.2) is 4.98 Å². The maximum atomic E-state index is 13.2. The summed E-state index contributed by atoms with van der Waals surface area (Å²) in [6.45, 7) is 1.81. The zero-order valence-corrected chi connectivity index (χ0v) is 17.8. The number of aliphatic hydroxyl groups excluding tert-OH is 1. The molecule has 32 heavy (non-hydrogen) atoms. The molecule has 1 N–H and O–H groups in total. The summed E-state index contributed by atoms with van der Waals surface area (Å²) in [5, 5.41) is 11.8. The van der Waals surface area contributed by atoms with E-state index in [-0.39, 0.29) is 17.9 Å². The number of amides is 1. The fraction of sp³-hybridized carbons (Fsp3) is 0.125. The maximum absolute atomic E-state index is 13.2. The van der Waals surface area contributed by atoms with Crippen molar-refractivity contribution in [1.29, 1.82) is 0 Å². The minimum absolute atomic E-state index is 0.0161. The minimum Gasteiger partial charge on any atom is -0.505 e. The number of ketones is 1. The van der Waals surface area contributed by atoms with Gasteiger partial charge in [0.05, 0.1) is 30.1 Å². The number of furan rings is 1. The molecule has 1 unspecified atom stereocenters. The monoisotopic (exact) mass is 447 g/mol. The molecular weight excluding hydrogens is 430 g/mol. The number of likely N-dealkylation sites (tertiary alicyclic amines) is 1. The van der Waals surface area contributed by atoms with Gasteiger partial charge >= 0.3 is 0 Å². The maximum Gasteiger partial charge on any atom is 0.296 e. The predicted octanol–water partition coefficient (Wildman–Crippen LogP) is 4.51. The van der Waals surface area contributed by atoms with Gasteiger partial charge in [0.2, 0.25) is 0 Å². The number of aromatic nitrogens is 2. The Bertz CT molecular complexity index is 1390. The number of halogens is 1. The summed E-state index contributed by atoms with van der Waals surface area (Å²) in [5.74, 6) is -1.26. The SMILES string of the molecule is Cc1nc2ccccn2c1C(O)=C1C(=O)C(=O)N(Cc2ccco2)C1c1cccc(Cl)c1. The van der Waals surface area contributed by atoms with Crippen LogP contribution < -0.4 is 0 Å². The summed E-state index contributed by atoms with van der Waals surface area (Å²) < 4.78 is 7.10. The molecule has 4 aromatic rings. The zero-order chi connectivity index (χ0) is 22.4. The first-order valence-corrected chi connectivity index (χ1v) is 10.3. The molecule has 0 saturated carbocycles. The number of carbonyl (C=O) groups is 2. The average molecular weight is 448 g/mol. The van der Waals surface area contributed by atoms with Crippen LogP contribution in [0.3, 0.4) is 0 Å². The smallest absolute Gasteiger partial charge is 0.296 e. The summed E-state index contributed by atoms with van der Waals surface area (Å²) in [7, 11) is 0. The van der Waals surface area contributed by atoms with Crippen LogP contribution in [0.1, 0.15) is 28.8 Å². The number of aryl methyl sites for hydroxylation is 1. The molecule has 1 atom stereocenters. The van der Waals surface area contributed by atoms with E-state index >= 15 is 0 Å². The van der Waals surface area contributed by atoms with Crippen molar-refractivity contribution in [1.82, 2.24) is 14.3 Å². The van der Waals surface area contributed by atoms with E-state index in [9.17, 15) is 14.7 Å². The van der Waals surface area contributed by atoms with Crippen molar-refractivity contribution >= 4 is 34.7 Å². The second-order valence-corrected chi connectivity index (χ2v) is 7.97. The summed E-state index contributed by atoms with van der Waals surface area (Å²) in [4.78, 5) is 32.1. The van der Waals surface area contributed by atoms with Crippen molar-refractivity contribution in [2.75, 3.05) is 0 Å². The van der Waals surface area contributed by atoms with Gasteiger partial charge in [-0.05, 0) is 48.9 Å². The van der Waals surface area contributed by atoms with Crippen LogP contribution in [-0.2, 0) is 16.1 Å². The molecule has 0 bridgehead atoms. The number of rotatable bonds is 4. The molecule has 1 saturated heterocycles. The van der Waals surface area contributed by atoms with E-state index in [4.69, 9.17) is 16.0 Å². The van der Waals surface area contributed by atoms with E-state index in [1.54, 1.807) is 66.1 Å². The highest BCUT2D eigenvalue weighted by Gasteiger charge is 2.47. The average Bonchev–Trinajstić information content (AvgIpc) is 3.46. The molecule has 1 aromatic carbocycles. The molecule has 4 heterocycles. The lowest BCUT2D eigenvalue weighted by atomic mass is 9.96. The van der Waals surface area contributed by atoms with Gasteiger partial charge in [0.25, 0.3) is 11.7 Å². The normalized spacial score (nSPS) is 18.1. The molecule has 5 rings (SSSR count). The van der Waals surface area contributed by atoms with Crippen molar-refractivity contribution in [3.8, 4) is 0 Å². The van der Waals surface area contributed by atoms with Gasteiger partial charge in [-0.1, -0.05) is 29.8 Å². The van der Waals surface area contributed by atoms with Crippen molar-refractivity contribution < 1.29 is 19.1 Å². The van der Waals surface area contributed by atoms with Crippen molar-refractivity contribution in [2.24, 2.45) is 0 Å². The van der Waals surface area contributed by atoms with Crippen LogP contribution in [0, 0.1) is 6.92 Å². The van der Waals surface area contributed by atoms with Gasteiger partial charge in [-0.15, -0.1) is 0 Å². The Labute approximate surface area is 188 Å². The van der Waals surface area contributed by atoms with Gasteiger partial charge in [0.15, 0.2) is 5.76 Å². The topological polar surface area (TPSA) is 88.0 Å². The number of fused-ring (bicyclic) bond motifs is 1. The van der Waals surface area contributed by atoms with E-state index in [1.165, 1.54) is 11.2 Å². The lowest BCUT2D eigenvalue weighted by Crippen LogP contribution is -2.29. The predicted molar refractivity (Wildman–Crippen MR) is 118 cm³/mol. The first-order chi connectivity index (χ1) is 15.5. The van der Waals surface area contributed by atoms with E-state index in [2.05, 4.69) is 4.98 Å². The second kappa shape index (κ2) is 7.69. The number of carbonyl (C=O) groups excluding carboxylic acids is 2. The number of imidazole rings is 1. The third-order valence-corrected chi connectivity index (χ3v) is 5.77. The molecule has 0 spiro atoms. The van der Waals surface area contributed by atoms with Crippen molar-refractivity contribution in [3.05, 3.63) is 100 Å². The lowest BCUT2D eigenvalue weighted by Gasteiger charge is -2.24. The molecule has 1 aliphatic heterocycles. The van der Waals surface area contributed by atoms with Crippen LogP contribution in [-0.4, -0.2) is 31.1 Å². The summed E-state index contributed by atoms with van der Waals surface area (Å²) in [6.07, 6.45) is 3.25. The Morgan fingerprint density at radius 1 is 1.16 bits per heavy atom. The minimum atomic E-state index is -0.840. The quantitative estimate of drug-likeness (QED) is 0.282. The van der Waals surface area contributed by atoms with Crippen LogP contribution in [0.25, 0.3) is 11.4 Å². The Morgan fingerprint density at radius 2 is 2.00 bits per heavy atom. The molecular formula is C24H18ClN3O4. The van der Waals surface area contributed by atoms with E-state index in [0.29, 0.717) is 33.4 Å². The highest BCUT2D eigenvalue weighted by molar-refractivity contribution is 6.46. The van der Waals surface area contributed by atoms with Gasteiger partial charge in [0.1, 0.15) is 17.1 Å². The number of nitrogens with zero attached hydrogens (tertiary/aromatic N) is 3. The molecule has 8 heteroatoms. The van der Waals surface area contributed by atoms with Crippen LogP contribution in [0.5, 0.6) is 0 Å². The van der Waals surface area contributed by atoms with Gasteiger partial charge in [0, 0.05) is 11.2 Å². The molecule has 1 amide bonds. The Kier molecular flexibility index (Phi) is 4.83. The lowest BCUT2D eigenvalue weighted by molar-refractivity contribution is -0.140. The number of hydrogen-bond acceptors (Lipinski definition) is 5. The zero-order valence-electron chi connectivity index (χ0n) is 17.0. The van der Waals surface area contributed by atoms with Crippen LogP contribution in [0.2, 0.25) is 5.02 Å². The third kappa shape index (κ3) is 3.18. The Hall–Kier alpha value is -3.84. The number of benzene rings is 1. The summed E-state index contributed by atoms with van der Waals surface area (Å²) in [5.41, 5.74) is 2.11. The van der Waals surface area contributed by atoms with Crippen LogP contribution in [0.15, 0.2) is 77.0 Å². The van der Waals surface area contributed by atoms with Gasteiger partial charge in [-0.2, -0.15) is 0 Å². The summed E-state index contributed by atoms with van der Waals surface area (Å²) >= 11 is 6.22. The number of Topliss-reactive ketones (excluding diaryl/α,β-unsaturated/α-hetero) is 1. The van der Waals surface area contributed by atoms with E-state index in [0.717, 1.165) is 0 Å². The molecule has 1 aliphatic rings. The Morgan fingerprint density at radius 3 is 2.75 bits per heavy atom. The molecule has 1 fully saturated rings. The molecule has 3 aromatic heterocycles. The van der Waals surface area contributed by atoms with Gasteiger partial charge < -0.3 is 14.4 Å². The van der Waals surface area contributed by atoms with Crippen molar-refractivity contribution in [2.45, 2.75) is 19.5 Å². The number of aliphatic hydroxyl groups is 1. The van der Waals surface area contributed by atoms with Crippen molar-refractivity contribution in [3.63, 3.8) is 0 Å². The van der Waals surface area contributed by atoms with E-state index < -0.39 is 17.7 Å². The molecule has 0 radical (unpaired) electrons. The van der Waals surface area contributed by atoms with Crippen LogP contribution >= 0.6 is 11.6 Å². The summed E-state index contributed by atoms with van der Waals surface area (Å²) in [6, 6.07) is 14.9. The Balaban J connectivity index is 1.74. The molecule has 160 valence electrons. The third-order valence-electron chi connectivity index (χ3n) is 5.54. The first-order valence-electron chi connectivity index (χ1n) is 9.96. The number of hydrogen-bond donors (Lipinski definition) is 1. The highest BCUT2D eigenvalue weighted by Crippen LogP contribution is 2.41. The van der Waals surface area contributed by atoms with Gasteiger partial charge in [-0.3, -0.25) is 14.0 Å². The first kappa shape index (κ1) is 20.1. The second-order valence-electron chi connectivity index (χ2n) is 7.54. The fourth-order valence-corrected chi connectivity index (χ4v) is 4.36. The number of pyridine rings is 1. The standard InChI is InChI=1S/C24H18ClN3O4/c1-14-20(27-10-3-2-9-18(27)26-14)22(29)19-21(15-6-4-7-16(25)12-15)28(24(31)23(19)30)13-17-8-5-11-32-17/h2-12,21,29H,13H2,1H3. The molecule has 0 aliphatic carbocycles. The molecule has 7 nitrogen and oxygen atoms in total. The van der Waals surface area contributed by atoms with E-state index in [1.807, 2.05) is 6.07 Å².